The lowest BCUT2D eigenvalue weighted by Gasteiger charge is -2.74. The summed E-state index contributed by atoms with van der Waals surface area (Å²) in [6.07, 6.45) is 8.52. The van der Waals surface area contributed by atoms with E-state index in [0.717, 1.165) is 51.4 Å². The summed E-state index contributed by atoms with van der Waals surface area (Å²) in [5.74, 6) is 1.90. The van der Waals surface area contributed by atoms with Crippen molar-refractivity contribution in [3.8, 4) is 0 Å². The first-order chi connectivity index (χ1) is 15.1. The van der Waals surface area contributed by atoms with Gasteiger partial charge in [0.15, 0.2) is 0 Å². The van der Waals surface area contributed by atoms with Gasteiger partial charge in [-0.2, -0.15) is 0 Å². The number of carbonyl (C=O) groups is 3. The fourth-order valence-electron chi connectivity index (χ4n) is 10.9. The fraction of sp³-hybridized carbons (Fsp3) is 0.900. The van der Waals surface area contributed by atoms with Gasteiger partial charge in [0.2, 0.25) is 0 Å². The molecular weight excluding hydrogens is 408 g/mol. The summed E-state index contributed by atoms with van der Waals surface area (Å²) in [5, 5.41) is 0. The Morgan fingerprint density at radius 2 is 1.30 bits per heavy atom. The number of fused-ring (bicyclic) bond motifs is 7. The van der Waals surface area contributed by atoms with Crippen molar-refractivity contribution in [1.82, 2.24) is 0 Å². The highest BCUT2D eigenvalue weighted by Crippen LogP contribution is 2.77. The third kappa shape index (κ3) is 2.72. The predicted octanol–water partition coefficient (Wildman–Crippen LogP) is 6.82. The summed E-state index contributed by atoms with van der Waals surface area (Å²) in [6.45, 7) is 18.6. The van der Waals surface area contributed by atoms with Crippen molar-refractivity contribution < 1.29 is 14.4 Å². The molecule has 0 aromatic rings. The van der Waals surface area contributed by atoms with Gasteiger partial charge in [-0.1, -0.05) is 55.4 Å². The molecule has 0 heterocycles. The molecule has 0 saturated heterocycles. The summed E-state index contributed by atoms with van der Waals surface area (Å²) in [5.41, 5.74) is 0.0268. The van der Waals surface area contributed by atoms with Gasteiger partial charge >= 0.3 is 0 Å². The second kappa shape index (κ2) is 6.61. The van der Waals surface area contributed by atoms with Crippen molar-refractivity contribution in [2.24, 2.45) is 56.2 Å². The molecule has 0 bridgehead atoms. The Morgan fingerprint density at radius 3 is 1.97 bits per heavy atom. The molecule has 9 atom stereocenters. The first-order valence-corrected chi connectivity index (χ1v) is 13.6. The van der Waals surface area contributed by atoms with Gasteiger partial charge in [-0.25, -0.2) is 0 Å². The Balaban J connectivity index is 1.58. The predicted molar refractivity (Wildman–Crippen MR) is 131 cm³/mol. The van der Waals surface area contributed by atoms with Crippen molar-refractivity contribution in [3.05, 3.63) is 0 Å². The minimum absolute atomic E-state index is 0.00973. The van der Waals surface area contributed by atoms with E-state index in [1.807, 2.05) is 0 Å². The van der Waals surface area contributed by atoms with Gasteiger partial charge < -0.3 is 0 Å². The molecular formula is C30H46O3. The molecule has 5 fully saturated rings. The van der Waals surface area contributed by atoms with Crippen molar-refractivity contribution in [3.63, 3.8) is 0 Å². The van der Waals surface area contributed by atoms with Crippen LogP contribution in [0.2, 0.25) is 0 Å². The number of Topliss-reactive ketones (excluding diaryl/α,β-unsaturated/α-hetero) is 3. The largest absolute Gasteiger partial charge is 0.299 e. The topological polar surface area (TPSA) is 51.2 Å². The second-order valence-corrected chi connectivity index (χ2v) is 15.1. The normalized spacial score (nSPS) is 55.8. The molecule has 0 aliphatic heterocycles. The summed E-state index contributed by atoms with van der Waals surface area (Å²) >= 11 is 0. The van der Waals surface area contributed by atoms with Crippen LogP contribution in [0.1, 0.15) is 113 Å². The van der Waals surface area contributed by atoms with Gasteiger partial charge in [-0.05, 0) is 83.9 Å². The number of carbonyl (C=O) groups excluding carboxylic acids is 3. The van der Waals surface area contributed by atoms with Crippen molar-refractivity contribution in [2.75, 3.05) is 0 Å². The summed E-state index contributed by atoms with van der Waals surface area (Å²) in [4.78, 5) is 39.3. The molecule has 3 heteroatoms. The lowest BCUT2D eigenvalue weighted by Crippen LogP contribution is -2.69. The molecule has 184 valence electrons. The molecule has 0 aromatic heterocycles. The molecule has 0 radical (unpaired) electrons. The lowest BCUT2D eigenvalue weighted by molar-refractivity contribution is -0.249. The van der Waals surface area contributed by atoms with E-state index >= 15 is 0 Å². The number of hydrogen-bond donors (Lipinski definition) is 0. The Hall–Kier alpha value is -0.990. The standard InChI is InChI=1S/C30H46O3/c1-18-19(31)15-20(32)24-27(18,5)10-9-21-28(24,6)12-14-30(8)22-16-25(2,3)23(33)17-26(22,4)11-13-29(21,30)7/h18,21-22,24H,9-17H2,1-8H3/t18-,21-,22+,24+,26-,27+,28+,29+,30-/m0/s1. The van der Waals surface area contributed by atoms with Crippen LogP contribution in [0.4, 0.5) is 0 Å². The SMILES string of the molecule is C[C@H]1C(=O)CC(=O)[C@@H]2[C@]1(C)CC[C@H]1[C@@]2(C)CC[C@@]2(C)[C@@H]3CC(C)(C)C(=O)C[C@]3(C)CC[C@]12C. The van der Waals surface area contributed by atoms with E-state index < -0.39 is 0 Å². The van der Waals surface area contributed by atoms with Crippen LogP contribution in [0, 0.1) is 56.2 Å². The van der Waals surface area contributed by atoms with Gasteiger partial charge in [-0.15, -0.1) is 0 Å². The van der Waals surface area contributed by atoms with Crippen LogP contribution in [0.25, 0.3) is 0 Å². The minimum atomic E-state index is -0.230. The summed E-state index contributed by atoms with van der Waals surface area (Å²) in [6, 6.07) is 0. The van der Waals surface area contributed by atoms with Gasteiger partial charge in [0.25, 0.3) is 0 Å². The van der Waals surface area contributed by atoms with E-state index in [0.29, 0.717) is 17.6 Å². The molecule has 5 saturated carbocycles. The van der Waals surface area contributed by atoms with Gasteiger partial charge in [0.05, 0.1) is 6.42 Å². The number of rotatable bonds is 0. The molecule has 0 amide bonds. The number of hydrogen-bond acceptors (Lipinski definition) is 3. The van der Waals surface area contributed by atoms with Crippen molar-refractivity contribution >= 4 is 17.3 Å². The van der Waals surface area contributed by atoms with E-state index in [-0.39, 0.29) is 62.3 Å². The van der Waals surface area contributed by atoms with E-state index in [9.17, 15) is 14.4 Å². The van der Waals surface area contributed by atoms with Crippen LogP contribution in [0.3, 0.4) is 0 Å². The van der Waals surface area contributed by atoms with E-state index in [1.165, 1.54) is 0 Å². The Labute approximate surface area is 201 Å². The van der Waals surface area contributed by atoms with Crippen molar-refractivity contribution in [2.45, 2.75) is 113 Å². The maximum absolute atomic E-state index is 13.5. The second-order valence-electron chi connectivity index (χ2n) is 15.1. The van der Waals surface area contributed by atoms with Crippen LogP contribution in [0.15, 0.2) is 0 Å². The van der Waals surface area contributed by atoms with Crippen molar-refractivity contribution in [1.29, 1.82) is 0 Å². The fourth-order valence-corrected chi connectivity index (χ4v) is 10.9. The maximum atomic E-state index is 13.5. The summed E-state index contributed by atoms with van der Waals surface area (Å²) in [7, 11) is 0. The smallest absolute Gasteiger partial charge is 0.144 e. The first kappa shape index (κ1) is 23.7. The monoisotopic (exact) mass is 454 g/mol. The average Bonchev–Trinajstić information content (AvgIpc) is 2.70. The Kier molecular flexibility index (Phi) is 4.75. The highest BCUT2D eigenvalue weighted by atomic mass is 16.2. The third-order valence-corrected chi connectivity index (χ3v) is 13.3. The molecule has 0 aromatic carbocycles. The molecule has 5 aliphatic carbocycles. The van der Waals surface area contributed by atoms with E-state index in [1.54, 1.807) is 0 Å². The lowest BCUT2D eigenvalue weighted by atomic mass is 9.30. The average molecular weight is 455 g/mol. The quantitative estimate of drug-likeness (QED) is 0.378. The molecule has 0 spiro atoms. The molecule has 5 rings (SSSR count). The minimum Gasteiger partial charge on any atom is -0.299 e. The molecule has 0 N–H and O–H groups in total. The van der Waals surface area contributed by atoms with Crippen LogP contribution in [-0.4, -0.2) is 17.3 Å². The van der Waals surface area contributed by atoms with Crippen LogP contribution < -0.4 is 0 Å². The van der Waals surface area contributed by atoms with Gasteiger partial charge in [0, 0.05) is 23.7 Å². The molecule has 3 nitrogen and oxygen atoms in total. The third-order valence-electron chi connectivity index (χ3n) is 13.3. The zero-order chi connectivity index (χ0) is 24.4. The molecule has 33 heavy (non-hydrogen) atoms. The Morgan fingerprint density at radius 1 is 0.697 bits per heavy atom. The number of ketones is 3. The van der Waals surface area contributed by atoms with Crippen LogP contribution >= 0.6 is 0 Å². The zero-order valence-electron chi connectivity index (χ0n) is 22.4. The molecule has 0 unspecified atom stereocenters. The van der Waals surface area contributed by atoms with Gasteiger partial charge in [-0.3, -0.25) is 14.4 Å². The Bertz CT molecular complexity index is 933. The maximum Gasteiger partial charge on any atom is 0.144 e. The summed E-state index contributed by atoms with van der Waals surface area (Å²) < 4.78 is 0. The van der Waals surface area contributed by atoms with E-state index in [4.69, 9.17) is 0 Å². The highest BCUT2D eigenvalue weighted by molar-refractivity contribution is 6.04. The van der Waals surface area contributed by atoms with Crippen LogP contribution in [-0.2, 0) is 14.4 Å². The van der Waals surface area contributed by atoms with E-state index in [2.05, 4.69) is 55.4 Å². The first-order valence-electron chi connectivity index (χ1n) is 13.6. The highest BCUT2D eigenvalue weighted by Gasteiger charge is 2.72. The van der Waals surface area contributed by atoms with Crippen LogP contribution in [0.5, 0.6) is 0 Å². The zero-order valence-corrected chi connectivity index (χ0v) is 22.4. The van der Waals surface area contributed by atoms with Gasteiger partial charge in [0.1, 0.15) is 17.3 Å². The molecule has 5 aliphatic rings.